The highest BCUT2D eigenvalue weighted by Crippen LogP contribution is 2.29. The number of anilines is 1. The molecule has 0 fully saturated rings. The molecule has 0 aliphatic carbocycles. The van der Waals surface area contributed by atoms with Crippen LogP contribution < -0.4 is 4.90 Å². The largest absolute Gasteiger partial charge is 0.478 e. The van der Waals surface area contributed by atoms with E-state index in [1.807, 2.05) is 36.1 Å². The van der Waals surface area contributed by atoms with Crippen molar-refractivity contribution in [1.82, 2.24) is 4.98 Å². The molecule has 2 rings (SSSR count). The molecule has 0 aliphatic rings. The minimum Gasteiger partial charge on any atom is -0.478 e. The molecule has 0 saturated heterocycles. The van der Waals surface area contributed by atoms with Crippen molar-refractivity contribution in [3.63, 3.8) is 0 Å². The van der Waals surface area contributed by atoms with Gasteiger partial charge in [0.05, 0.1) is 17.8 Å². The van der Waals surface area contributed by atoms with Crippen molar-refractivity contribution in [3.8, 4) is 0 Å². The molecule has 1 aromatic carbocycles. The number of hydrogen-bond donors (Lipinski definition) is 1. The zero-order valence-electron chi connectivity index (χ0n) is 11.7. The fourth-order valence-corrected chi connectivity index (χ4v) is 2.25. The van der Waals surface area contributed by atoms with Crippen LogP contribution in [0.2, 0.25) is 0 Å². The maximum atomic E-state index is 11.5. The summed E-state index contributed by atoms with van der Waals surface area (Å²) in [5.74, 6) is -0.964. The third-order valence-electron chi connectivity index (χ3n) is 3.24. The number of carbonyl (C=O) groups is 1. The monoisotopic (exact) mass is 274 g/mol. The van der Waals surface area contributed by atoms with Crippen LogP contribution in [0.4, 0.5) is 5.69 Å². The number of benzene rings is 1. The normalized spacial score (nSPS) is 10.7. The number of fused-ring (bicyclic) bond motifs is 1. The van der Waals surface area contributed by atoms with E-state index in [2.05, 4.69) is 4.98 Å². The third-order valence-corrected chi connectivity index (χ3v) is 3.24. The molecular formula is C15H18N2O3. The average Bonchev–Trinajstić information content (AvgIpc) is 2.47. The molecule has 1 N–H and O–H groups in total. The Balaban J connectivity index is 2.61. The standard InChI is InChI=1S/C15H18N2O3/c1-3-17(8-9-20-2)14-11-6-4-5-7-13(11)16-10-12(14)15(18)19/h4-7,10H,3,8-9H2,1-2H3,(H,18,19). The molecule has 0 radical (unpaired) electrons. The number of ether oxygens (including phenoxy) is 1. The molecule has 0 saturated carbocycles. The van der Waals surface area contributed by atoms with E-state index in [1.54, 1.807) is 7.11 Å². The van der Waals surface area contributed by atoms with Crippen LogP contribution in [0, 0.1) is 0 Å². The van der Waals surface area contributed by atoms with Crippen LogP contribution in [0.3, 0.4) is 0 Å². The molecule has 2 aromatic rings. The first-order chi connectivity index (χ1) is 9.69. The first kappa shape index (κ1) is 14.3. The Morgan fingerprint density at radius 1 is 1.40 bits per heavy atom. The van der Waals surface area contributed by atoms with Crippen molar-refractivity contribution in [2.75, 3.05) is 31.7 Å². The zero-order valence-corrected chi connectivity index (χ0v) is 11.7. The minimum atomic E-state index is -0.964. The van der Waals surface area contributed by atoms with Gasteiger partial charge in [0, 0.05) is 31.8 Å². The summed E-state index contributed by atoms with van der Waals surface area (Å²) < 4.78 is 5.10. The molecule has 5 heteroatoms. The van der Waals surface area contributed by atoms with Gasteiger partial charge in [0.15, 0.2) is 0 Å². The summed E-state index contributed by atoms with van der Waals surface area (Å²) in [6.45, 7) is 3.89. The van der Waals surface area contributed by atoms with Crippen LogP contribution in [0.5, 0.6) is 0 Å². The SMILES string of the molecule is CCN(CCOC)c1c(C(=O)O)cnc2ccccc12. The van der Waals surface area contributed by atoms with E-state index in [0.29, 0.717) is 25.4 Å². The highest BCUT2D eigenvalue weighted by atomic mass is 16.5. The first-order valence-electron chi connectivity index (χ1n) is 6.54. The molecular weight excluding hydrogens is 256 g/mol. The van der Waals surface area contributed by atoms with Gasteiger partial charge in [-0.05, 0) is 13.0 Å². The first-order valence-corrected chi connectivity index (χ1v) is 6.54. The summed E-state index contributed by atoms with van der Waals surface area (Å²) in [5.41, 5.74) is 1.73. The molecule has 0 bridgehead atoms. The Labute approximate surface area is 117 Å². The lowest BCUT2D eigenvalue weighted by Crippen LogP contribution is -2.28. The molecule has 1 aromatic heterocycles. The number of carboxylic acid groups (broad SMARTS) is 1. The second kappa shape index (κ2) is 6.34. The van der Waals surface area contributed by atoms with Gasteiger partial charge < -0.3 is 14.7 Å². The summed E-state index contributed by atoms with van der Waals surface area (Å²) >= 11 is 0. The molecule has 0 spiro atoms. The van der Waals surface area contributed by atoms with Crippen molar-refractivity contribution in [1.29, 1.82) is 0 Å². The van der Waals surface area contributed by atoms with Crippen LogP contribution in [0.25, 0.3) is 10.9 Å². The smallest absolute Gasteiger partial charge is 0.339 e. The molecule has 5 nitrogen and oxygen atoms in total. The summed E-state index contributed by atoms with van der Waals surface area (Å²) in [6.07, 6.45) is 1.43. The number of pyridine rings is 1. The summed E-state index contributed by atoms with van der Waals surface area (Å²) in [4.78, 5) is 17.7. The number of methoxy groups -OCH3 is 1. The molecule has 0 atom stereocenters. The minimum absolute atomic E-state index is 0.224. The number of aromatic nitrogens is 1. The summed E-state index contributed by atoms with van der Waals surface area (Å²) in [7, 11) is 1.64. The predicted molar refractivity (Wildman–Crippen MR) is 78.5 cm³/mol. The highest BCUT2D eigenvalue weighted by molar-refractivity contribution is 6.04. The molecule has 0 aliphatic heterocycles. The zero-order chi connectivity index (χ0) is 14.5. The lowest BCUT2D eigenvalue weighted by Gasteiger charge is -2.25. The van der Waals surface area contributed by atoms with E-state index in [1.165, 1.54) is 6.20 Å². The number of nitrogens with zero attached hydrogens (tertiary/aromatic N) is 2. The fourth-order valence-electron chi connectivity index (χ4n) is 2.25. The van der Waals surface area contributed by atoms with Gasteiger partial charge in [0.1, 0.15) is 5.56 Å². The van der Waals surface area contributed by atoms with Gasteiger partial charge in [-0.2, -0.15) is 0 Å². The van der Waals surface area contributed by atoms with Gasteiger partial charge in [0.25, 0.3) is 0 Å². The average molecular weight is 274 g/mol. The summed E-state index contributed by atoms with van der Waals surface area (Å²) in [5, 5.41) is 10.2. The van der Waals surface area contributed by atoms with Crippen LogP contribution in [0.15, 0.2) is 30.5 Å². The van der Waals surface area contributed by atoms with Crippen molar-refractivity contribution >= 4 is 22.6 Å². The number of hydrogen-bond acceptors (Lipinski definition) is 4. The maximum Gasteiger partial charge on any atom is 0.339 e. The number of likely N-dealkylation sites (N-methyl/N-ethyl adjacent to an activating group) is 1. The Kier molecular flexibility index (Phi) is 4.53. The Morgan fingerprint density at radius 2 is 2.15 bits per heavy atom. The van der Waals surface area contributed by atoms with Gasteiger partial charge in [0.2, 0.25) is 0 Å². The second-order valence-corrected chi connectivity index (χ2v) is 4.42. The lowest BCUT2D eigenvalue weighted by molar-refractivity contribution is 0.0697. The van der Waals surface area contributed by atoms with Crippen molar-refractivity contribution in [2.45, 2.75) is 6.92 Å². The van der Waals surface area contributed by atoms with E-state index in [-0.39, 0.29) is 5.56 Å². The third kappa shape index (κ3) is 2.72. The summed E-state index contributed by atoms with van der Waals surface area (Å²) in [6, 6.07) is 7.57. The lowest BCUT2D eigenvalue weighted by atomic mass is 10.1. The van der Waals surface area contributed by atoms with Gasteiger partial charge in [-0.15, -0.1) is 0 Å². The maximum absolute atomic E-state index is 11.5. The molecule has 20 heavy (non-hydrogen) atoms. The molecule has 106 valence electrons. The van der Waals surface area contributed by atoms with Gasteiger partial charge in [-0.3, -0.25) is 4.98 Å². The quantitative estimate of drug-likeness (QED) is 0.876. The molecule has 0 unspecified atom stereocenters. The topological polar surface area (TPSA) is 62.7 Å². The van der Waals surface area contributed by atoms with Gasteiger partial charge >= 0.3 is 5.97 Å². The van der Waals surface area contributed by atoms with Gasteiger partial charge in [-0.1, -0.05) is 18.2 Å². The Morgan fingerprint density at radius 3 is 2.80 bits per heavy atom. The number of para-hydroxylation sites is 1. The van der Waals surface area contributed by atoms with Crippen LogP contribution in [-0.2, 0) is 4.74 Å². The van der Waals surface area contributed by atoms with Crippen molar-refractivity contribution in [2.24, 2.45) is 0 Å². The van der Waals surface area contributed by atoms with E-state index in [0.717, 1.165) is 10.9 Å². The van der Waals surface area contributed by atoms with Crippen molar-refractivity contribution in [3.05, 3.63) is 36.0 Å². The van der Waals surface area contributed by atoms with Crippen molar-refractivity contribution < 1.29 is 14.6 Å². The van der Waals surface area contributed by atoms with E-state index in [9.17, 15) is 9.90 Å². The number of aromatic carboxylic acids is 1. The predicted octanol–water partition coefficient (Wildman–Crippen LogP) is 2.41. The second-order valence-electron chi connectivity index (χ2n) is 4.42. The Bertz CT molecular complexity index is 613. The molecule has 1 heterocycles. The fraction of sp³-hybridized carbons (Fsp3) is 0.333. The van der Waals surface area contributed by atoms with E-state index >= 15 is 0 Å². The van der Waals surface area contributed by atoms with Crippen LogP contribution in [-0.4, -0.2) is 42.9 Å². The highest BCUT2D eigenvalue weighted by Gasteiger charge is 2.18. The van der Waals surface area contributed by atoms with Gasteiger partial charge in [-0.25, -0.2) is 4.79 Å². The Hall–Kier alpha value is -2.14. The molecule has 0 amide bonds. The van der Waals surface area contributed by atoms with E-state index < -0.39 is 5.97 Å². The van der Waals surface area contributed by atoms with Crippen LogP contribution >= 0.6 is 0 Å². The number of rotatable bonds is 6. The number of carboxylic acids is 1. The van der Waals surface area contributed by atoms with Crippen LogP contribution in [0.1, 0.15) is 17.3 Å². The van der Waals surface area contributed by atoms with E-state index in [4.69, 9.17) is 4.74 Å².